The number of Topliss-reactive ketones (excluding diaryl/α,β-unsaturated/α-hetero) is 2. The number of carbonyl (C=O) groups excluding carboxylic acids is 2. The molecule has 4 aromatic carbocycles. The summed E-state index contributed by atoms with van der Waals surface area (Å²) in [6.07, 6.45) is 3.36. The minimum atomic E-state index is -0.587. The van der Waals surface area contributed by atoms with Gasteiger partial charge in [0.2, 0.25) is 0 Å². The zero-order valence-electron chi connectivity index (χ0n) is 34.4. The summed E-state index contributed by atoms with van der Waals surface area (Å²) in [5.41, 5.74) is 8.89. The third-order valence-electron chi connectivity index (χ3n) is 10.7. The molecule has 5 aromatic rings. The molecule has 0 N–H and O–H groups in total. The summed E-state index contributed by atoms with van der Waals surface area (Å²) >= 11 is 25.9. The average Bonchev–Trinajstić information content (AvgIpc) is 3.54. The molecule has 1 aliphatic heterocycles. The van der Waals surface area contributed by atoms with E-state index in [4.69, 9.17) is 56.4 Å². The molecule has 1 aliphatic carbocycles. The second-order valence-electron chi connectivity index (χ2n) is 18.2. The van der Waals surface area contributed by atoms with E-state index in [0.29, 0.717) is 17.5 Å². The molecule has 10 heteroatoms. The topological polar surface area (TPSA) is 66.4 Å². The summed E-state index contributed by atoms with van der Waals surface area (Å²) in [6.45, 7) is 26.3. The number of allylic oxidation sites excluding steroid dienone is 3. The van der Waals surface area contributed by atoms with Gasteiger partial charge in [0.1, 0.15) is 5.82 Å². The van der Waals surface area contributed by atoms with E-state index in [1.807, 2.05) is 30.3 Å². The van der Waals surface area contributed by atoms with Gasteiger partial charge in [0.25, 0.3) is 0 Å². The number of ketones is 2. The first-order valence-corrected chi connectivity index (χ1v) is 20.5. The van der Waals surface area contributed by atoms with Crippen molar-refractivity contribution in [3.8, 4) is 0 Å². The Morgan fingerprint density at radius 2 is 0.982 bits per heavy atom. The summed E-state index contributed by atoms with van der Waals surface area (Å²) in [4.78, 5) is 43.3. The Morgan fingerprint density at radius 3 is 1.39 bits per heavy atom. The fourth-order valence-corrected chi connectivity index (χ4v) is 8.93. The largest absolute Gasteiger partial charge is 0.288 e. The first kappa shape index (κ1) is 41.0. The molecule has 0 spiro atoms. The number of para-hydroxylation sites is 2. The number of hydrogen-bond acceptors (Lipinski definition) is 6. The van der Waals surface area contributed by atoms with Crippen molar-refractivity contribution in [3.63, 3.8) is 0 Å². The van der Waals surface area contributed by atoms with Crippen molar-refractivity contribution in [3.05, 3.63) is 137 Å². The highest BCUT2D eigenvalue weighted by Gasteiger charge is 2.44. The standard InChI is InChI=1S/C47H46Cl4N4O2/c1-23-19-24(2)39(25(3)20-23)54-32(18-17-27-41(56)33-34(42(27)57)36(49)38(51)37(50)35(33)48)55(44-43(54)52-30-15-13-14-16-31(30)53-44)40-28(46(7,8)9)21-26(45(4,5)6)22-29(40)47(10,11)12/h13-22H,1-12H3/b32-18-. The van der Waals surface area contributed by atoms with Crippen LogP contribution in [0, 0.1) is 20.8 Å². The maximum atomic E-state index is 14.2. The highest BCUT2D eigenvalue weighted by atomic mass is 35.5. The van der Waals surface area contributed by atoms with Gasteiger partial charge in [-0.15, -0.1) is 0 Å². The van der Waals surface area contributed by atoms with Crippen LogP contribution in [0.15, 0.2) is 72.1 Å². The van der Waals surface area contributed by atoms with Crippen LogP contribution in [0.25, 0.3) is 11.0 Å². The van der Waals surface area contributed by atoms with Crippen molar-refractivity contribution < 1.29 is 9.59 Å². The van der Waals surface area contributed by atoms with Gasteiger partial charge in [0.05, 0.1) is 59.2 Å². The number of nitrogens with zero attached hydrogens (tertiary/aromatic N) is 4. The van der Waals surface area contributed by atoms with Gasteiger partial charge in [-0.3, -0.25) is 19.4 Å². The van der Waals surface area contributed by atoms with Crippen LogP contribution >= 0.6 is 46.4 Å². The Balaban J connectivity index is 1.65. The molecule has 6 nitrogen and oxygen atoms in total. The van der Waals surface area contributed by atoms with Gasteiger partial charge in [-0.25, -0.2) is 9.97 Å². The minimum Gasteiger partial charge on any atom is -0.288 e. The molecule has 57 heavy (non-hydrogen) atoms. The van der Waals surface area contributed by atoms with Crippen LogP contribution in [-0.2, 0) is 16.2 Å². The number of hydrogen-bond donors (Lipinski definition) is 0. The maximum Gasteiger partial charge on any atom is 0.199 e. The van der Waals surface area contributed by atoms with Crippen molar-refractivity contribution in [2.24, 2.45) is 0 Å². The lowest BCUT2D eigenvalue weighted by atomic mass is 9.74. The van der Waals surface area contributed by atoms with E-state index in [0.717, 1.165) is 50.2 Å². The smallest absolute Gasteiger partial charge is 0.199 e. The van der Waals surface area contributed by atoms with E-state index >= 15 is 0 Å². The molecule has 0 bridgehead atoms. The van der Waals surface area contributed by atoms with Crippen LogP contribution in [0.1, 0.15) is 116 Å². The van der Waals surface area contributed by atoms with Gasteiger partial charge < -0.3 is 0 Å². The Kier molecular flexibility index (Phi) is 10.0. The Hall–Kier alpha value is -4.20. The quantitative estimate of drug-likeness (QED) is 0.0780. The van der Waals surface area contributed by atoms with E-state index in [9.17, 15) is 9.59 Å². The van der Waals surface area contributed by atoms with E-state index in [-0.39, 0.29) is 53.0 Å². The molecule has 2 heterocycles. The lowest BCUT2D eigenvalue weighted by Gasteiger charge is -2.37. The molecular formula is C47H46Cl4N4O2. The zero-order valence-corrected chi connectivity index (χ0v) is 37.4. The Morgan fingerprint density at radius 1 is 0.561 bits per heavy atom. The minimum absolute atomic E-state index is 0.0586. The van der Waals surface area contributed by atoms with Crippen LogP contribution in [0.4, 0.5) is 23.0 Å². The van der Waals surface area contributed by atoms with Gasteiger partial charge in [0, 0.05) is 0 Å². The lowest BCUT2D eigenvalue weighted by molar-refractivity contribution is 0.0989. The predicted octanol–water partition coefficient (Wildman–Crippen LogP) is 14.2. The molecule has 0 atom stereocenters. The van der Waals surface area contributed by atoms with E-state index in [1.165, 1.54) is 5.56 Å². The molecule has 294 valence electrons. The molecule has 0 unspecified atom stereocenters. The van der Waals surface area contributed by atoms with Gasteiger partial charge in [-0.2, -0.15) is 0 Å². The molecular weight excluding hydrogens is 794 g/mol. The number of rotatable bonds is 3. The molecule has 0 amide bonds. The van der Waals surface area contributed by atoms with Gasteiger partial charge in [0.15, 0.2) is 23.2 Å². The lowest BCUT2D eigenvalue weighted by Crippen LogP contribution is -2.30. The third kappa shape index (κ3) is 6.77. The first-order chi connectivity index (χ1) is 26.4. The first-order valence-electron chi connectivity index (χ1n) is 18.9. The summed E-state index contributed by atoms with van der Waals surface area (Å²) < 4.78 is 0. The van der Waals surface area contributed by atoms with Gasteiger partial charge >= 0.3 is 0 Å². The summed E-state index contributed by atoms with van der Waals surface area (Å²) in [5.74, 6) is 0.693. The SMILES string of the molecule is Cc1cc(C)c(N2/C(=C/C=C3C(=O)c4c(Cl)c(Cl)c(Cl)c(Cl)c4C3=O)N(c3c(C(C)(C)C)cc(C(C)(C)C)cc3C(C)(C)C)c3nc4ccccc4nc32)c(C)c1. The molecule has 0 saturated heterocycles. The van der Waals surface area contributed by atoms with Gasteiger partial charge in [-0.1, -0.05) is 151 Å². The van der Waals surface area contributed by atoms with Crippen molar-refractivity contribution in [1.29, 1.82) is 0 Å². The van der Waals surface area contributed by atoms with Crippen LogP contribution in [0.3, 0.4) is 0 Å². The molecule has 0 radical (unpaired) electrons. The molecule has 1 aromatic heterocycles. The van der Waals surface area contributed by atoms with Crippen molar-refractivity contribution >= 4 is 92.0 Å². The van der Waals surface area contributed by atoms with Crippen LogP contribution < -0.4 is 9.80 Å². The van der Waals surface area contributed by atoms with Crippen molar-refractivity contribution in [2.45, 2.75) is 99.3 Å². The zero-order chi connectivity index (χ0) is 41.8. The monoisotopic (exact) mass is 838 g/mol. The second-order valence-corrected chi connectivity index (χ2v) is 19.7. The average molecular weight is 841 g/mol. The van der Waals surface area contributed by atoms with Crippen molar-refractivity contribution in [2.75, 3.05) is 9.80 Å². The van der Waals surface area contributed by atoms with Crippen LogP contribution in [0.2, 0.25) is 20.1 Å². The molecule has 2 aliphatic rings. The van der Waals surface area contributed by atoms with Gasteiger partial charge in [-0.05, 0) is 89.1 Å². The van der Waals surface area contributed by atoms with E-state index in [1.54, 1.807) is 6.08 Å². The number of carbonyl (C=O) groups is 2. The summed E-state index contributed by atoms with van der Waals surface area (Å²) in [6, 6.07) is 16.8. The second kappa shape index (κ2) is 14.0. The normalized spacial score (nSPS) is 15.4. The maximum absolute atomic E-state index is 14.2. The summed E-state index contributed by atoms with van der Waals surface area (Å²) in [5, 5.41) is -0.378. The van der Waals surface area contributed by atoms with E-state index in [2.05, 4.69) is 117 Å². The number of anilines is 4. The molecule has 7 rings (SSSR count). The number of halogens is 4. The fourth-order valence-electron chi connectivity index (χ4n) is 7.91. The number of fused-ring (bicyclic) bond motifs is 3. The number of benzene rings is 4. The Bertz CT molecular complexity index is 2550. The van der Waals surface area contributed by atoms with Crippen LogP contribution in [0.5, 0.6) is 0 Å². The van der Waals surface area contributed by atoms with Crippen LogP contribution in [-0.4, -0.2) is 21.5 Å². The highest BCUT2D eigenvalue weighted by Crippen LogP contribution is 2.55. The number of aromatic nitrogens is 2. The third-order valence-corrected chi connectivity index (χ3v) is 12.5. The molecule has 0 saturated carbocycles. The Labute approximate surface area is 355 Å². The molecule has 0 fully saturated rings. The van der Waals surface area contributed by atoms with E-state index < -0.39 is 11.6 Å². The fraction of sp³-hybridized carbons (Fsp3) is 0.319. The summed E-state index contributed by atoms with van der Waals surface area (Å²) in [7, 11) is 0. The number of aryl methyl sites for hydroxylation is 3. The predicted molar refractivity (Wildman–Crippen MR) is 238 cm³/mol. The highest BCUT2D eigenvalue weighted by molar-refractivity contribution is 6.57. The van der Waals surface area contributed by atoms with Crippen molar-refractivity contribution in [1.82, 2.24) is 9.97 Å².